The largest absolute Gasteiger partial charge is 0.326 e. The summed E-state index contributed by atoms with van der Waals surface area (Å²) in [5.74, 6) is 1.48. The van der Waals surface area contributed by atoms with Crippen LogP contribution in [0.1, 0.15) is 49.4 Å². The summed E-state index contributed by atoms with van der Waals surface area (Å²) in [5.41, 5.74) is 1.19. The van der Waals surface area contributed by atoms with E-state index in [1.165, 1.54) is 18.2 Å². The van der Waals surface area contributed by atoms with Gasteiger partial charge in [-0.25, -0.2) is 0 Å². The van der Waals surface area contributed by atoms with Crippen molar-refractivity contribution >= 4 is 29.2 Å². The van der Waals surface area contributed by atoms with E-state index in [-0.39, 0.29) is 47.2 Å². The van der Waals surface area contributed by atoms with E-state index in [1.54, 1.807) is 24.3 Å². The van der Waals surface area contributed by atoms with Crippen LogP contribution < -0.4 is 5.32 Å². The zero-order chi connectivity index (χ0) is 21.7. The van der Waals surface area contributed by atoms with Gasteiger partial charge in [0.15, 0.2) is 5.78 Å². The monoisotopic (exact) mass is 420 g/mol. The topological polar surface area (TPSA) is 83.6 Å². The average molecular weight is 421 g/mol. The Morgan fingerprint density at radius 1 is 1.00 bits per heavy atom. The number of allylic oxidation sites excluding steroid dienone is 2. The summed E-state index contributed by atoms with van der Waals surface area (Å²) in [5, 5.41) is 2.83. The fourth-order valence-electron chi connectivity index (χ4n) is 6.01. The number of hydrogen-bond acceptors (Lipinski definition) is 4. The molecule has 1 aliphatic heterocycles. The van der Waals surface area contributed by atoms with Gasteiger partial charge in [-0.05, 0) is 62.0 Å². The highest BCUT2D eigenvalue weighted by Crippen LogP contribution is 2.65. The van der Waals surface area contributed by atoms with Crippen molar-refractivity contribution in [1.82, 2.24) is 4.90 Å². The molecule has 1 heterocycles. The number of unbranched alkanes of at least 4 members (excludes halogenated alkanes) is 2. The summed E-state index contributed by atoms with van der Waals surface area (Å²) in [6.45, 7) is 1.96. The fourth-order valence-corrected chi connectivity index (χ4v) is 6.01. The molecule has 5 aliphatic rings. The first-order chi connectivity index (χ1) is 15.0. The van der Waals surface area contributed by atoms with Crippen LogP contribution in [0.2, 0.25) is 0 Å². The molecular weight excluding hydrogens is 392 g/mol. The number of anilines is 1. The van der Waals surface area contributed by atoms with Gasteiger partial charge in [0.05, 0.1) is 11.8 Å². The lowest BCUT2D eigenvalue weighted by atomic mass is 9.63. The van der Waals surface area contributed by atoms with Crippen LogP contribution in [0.4, 0.5) is 5.69 Å². The van der Waals surface area contributed by atoms with Crippen molar-refractivity contribution < 1.29 is 19.2 Å². The zero-order valence-corrected chi connectivity index (χ0v) is 17.8. The van der Waals surface area contributed by atoms with E-state index in [4.69, 9.17) is 0 Å². The van der Waals surface area contributed by atoms with E-state index in [0.29, 0.717) is 42.5 Å². The number of imide groups is 1. The summed E-state index contributed by atoms with van der Waals surface area (Å²) in [6, 6.07) is 6.91. The molecule has 1 saturated heterocycles. The molecule has 0 aromatic heterocycles. The van der Waals surface area contributed by atoms with Crippen LogP contribution in [0.25, 0.3) is 0 Å². The molecule has 2 saturated carbocycles. The third kappa shape index (κ3) is 3.52. The minimum absolute atomic E-state index is 0.0304. The summed E-state index contributed by atoms with van der Waals surface area (Å²) < 4.78 is 0. The molecule has 162 valence electrons. The Labute approximate surface area is 182 Å². The molecule has 1 N–H and O–H groups in total. The molecule has 4 aliphatic carbocycles. The normalized spacial score (nSPS) is 32.1. The third-order valence-corrected chi connectivity index (χ3v) is 7.59. The van der Waals surface area contributed by atoms with Gasteiger partial charge in [-0.3, -0.25) is 24.1 Å². The third-order valence-electron chi connectivity index (χ3n) is 7.59. The number of nitrogens with zero attached hydrogens (tertiary/aromatic N) is 1. The first kappa shape index (κ1) is 20.2. The Morgan fingerprint density at radius 2 is 1.68 bits per heavy atom. The Morgan fingerprint density at radius 3 is 2.32 bits per heavy atom. The number of carbonyl (C=O) groups is 4. The molecule has 31 heavy (non-hydrogen) atoms. The first-order valence-electron chi connectivity index (χ1n) is 11.4. The SMILES string of the molecule is CC(=O)c1cccc(NC(=O)CCCCCN2C(=O)[C@@H]3[C@@H]4C=C[C@H]([C@@H]5C[C@H]45)[C@@H]3C2=O)c1. The van der Waals surface area contributed by atoms with Crippen molar-refractivity contribution in [2.75, 3.05) is 11.9 Å². The maximum absolute atomic E-state index is 12.9. The van der Waals surface area contributed by atoms with Gasteiger partial charge in [-0.15, -0.1) is 0 Å². The molecular formula is C25H28N2O4. The molecule has 6 atom stereocenters. The number of Topliss-reactive ketones (excluding diaryl/α,β-unsaturated/α-hetero) is 1. The number of amides is 3. The fraction of sp³-hybridized carbons (Fsp3) is 0.520. The van der Waals surface area contributed by atoms with Gasteiger partial charge >= 0.3 is 0 Å². The van der Waals surface area contributed by atoms with Crippen LogP contribution in [-0.4, -0.2) is 34.9 Å². The highest BCUT2D eigenvalue weighted by Gasteiger charge is 2.66. The van der Waals surface area contributed by atoms with Crippen LogP contribution >= 0.6 is 0 Å². The van der Waals surface area contributed by atoms with E-state index in [2.05, 4.69) is 17.5 Å². The van der Waals surface area contributed by atoms with E-state index in [1.807, 2.05) is 0 Å². The second-order valence-electron chi connectivity index (χ2n) is 9.48. The molecule has 6 rings (SSSR count). The van der Waals surface area contributed by atoms with Crippen molar-refractivity contribution in [2.45, 2.75) is 39.0 Å². The van der Waals surface area contributed by atoms with Gasteiger partial charge in [-0.1, -0.05) is 30.7 Å². The van der Waals surface area contributed by atoms with E-state index >= 15 is 0 Å². The zero-order valence-electron chi connectivity index (χ0n) is 17.8. The highest BCUT2D eigenvalue weighted by molar-refractivity contribution is 6.06. The minimum Gasteiger partial charge on any atom is -0.326 e. The Balaban J connectivity index is 1.07. The highest BCUT2D eigenvalue weighted by atomic mass is 16.2. The van der Waals surface area contributed by atoms with Crippen molar-refractivity contribution in [2.24, 2.45) is 35.5 Å². The van der Waals surface area contributed by atoms with Crippen LogP contribution in [0.15, 0.2) is 36.4 Å². The maximum Gasteiger partial charge on any atom is 0.233 e. The quantitative estimate of drug-likeness (QED) is 0.302. The molecule has 3 fully saturated rings. The van der Waals surface area contributed by atoms with Crippen molar-refractivity contribution in [3.8, 4) is 0 Å². The Hall–Kier alpha value is -2.76. The number of benzene rings is 1. The van der Waals surface area contributed by atoms with Crippen LogP contribution in [0.3, 0.4) is 0 Å². The molecule has 1 aromatic rings. The van der Waals surface area contributed by atoms with Crippen LogP contribution in [0.5, 0.6) is 0 Å². The van der Waals surface area contributed by atoms with Crippen molar-refractivity contribution in [3.63, 3.8) is 0 Å². The Bertz CT molecular complexity index is 947. The van der Waals surface area contributed by atoms with Gasteiger partial charge in [-0.2, -0.15) is 0 Å². The molecule has 6 nitrogen and oxygen atoms in total. The number of ketones is 1. The minimum atomic E-state index is -0.122. The molecule has 0 radical (unpaired) electrons. The maximum atomic E-state index is 12.9. The summed E-state index contributed by atoms with van der Waals surface area (Å²) in [4.78, 5) is 51.0. The molecule has 6 heteroatoms. The van der Waals surface area contributed by atoms with E-state index < -0.39 is 0 Å². The smallest absolute Gasteiger partial charge is 0.233 e. The van der Waals surface area contributed by atoms with Gasteiger partial charge < -0.3 is 5.32 Å². The first-order valence-corrected chi connectivity index (χ1v) is 11.4. The van der Waals surface area contributed by atoms with Gasteiger partial charge in [0.2, 0.25) is 17.7 Å². The van der Waals surface area contributed by atoms with Gasteiger partial charge in [0.25, 0.3) is 0 Å². The van der Waals surface area contributed by atoms with E-state index in [9.17, 15) is 19.2 Å². The standard InChI is InChI=1S/C25H28N2O4/c1-14(28)15-6-5-7-16(12-15)26-21(29)8-3-2-4-11-27-24(30)22-17-9-10-18(20-13-19(17)20)23(22)25(27)31/h5-7,9-10,12,17-20,22-23H,2-4,8,11,13H2,1H3,(H,26,29)/t17-,18-,19-,20+,22-,23+/m1/s1. The Kier molecular flexibility index (Phi) is 5.03. The molecule has 0 spiro atoms. The second kappa shape index (κ2) is 7.74. The molecule has 3 amide bonds. The van der Waals surface area contributed by atoms with E-state index in [0.717, 1.165) is 12.8 Å². The van der Waals surface area contributed by atoms with Crippen LogP contribution in [0, 0.1) is 35.5 Å². The predicted molar refractivity (Wildman–Crippen MR) is 115 cm³/mol. The molecule has 2 bridgehead atoms. The lowest BCUT2D eigenvalue weighted by molar-refractivity contribution is -0.140. The van der Waals surface area contributed by atoms with Gasteiger partial charge in [0.1, 0.15) is 0 Å². The summed E-state index contributed by atoms with van der Waals surface area (Å²) in [7, 11) is 0. The lowest BCUT2D eigenvalue weighted by Crippen LogP contribution is -2.40. The number of rotatable bonds is 8. The molecule has 0 unspecified atom stereocenters. The predicted octanol–water partition coefficient (Wildman–Crippen LogP) is 3.44. The van der Waals surface area contributed by atoms with Crippen LogP contribution in [-0.2, 0) is 14.4 Å². The number of hydrogen-bond donors (Lipinski definition) is 1. The van der Waals surface area contributed by atoms with Crippen molar-refractivity contribution in [1.29, 1.82) is 0 Å². The summed E-state index contributed by atoms with van der Waals surface area (Å²) >= 11 is 0. The lowest BCUT2D eigenvalue weighted by Gasteiger charge is -2.37. The molecule has 1 aromatic carbocycles. The average Bonchev–Trinajstić information content (AvgIpc) is 3.53. The van der Waals surface area contributed by atoms with Gasteiger partial charge in [0, 0.05) is 24.2 Å². The van der Waals surface area contributed by atoms with Crippen molar-refractivity contribution in [3.05, 3.63) is 42.0 Å². The number of nitrogens with one attached hydrogen (secondary N) is 1. The second-order valence-corrected chi connectivity index (χ2v) is 9.48. The summed E-state index contributed by atoms with van der Waals surface area (Å²) in [6.07, 6.45) is 8.13. The number of likely N-dealkylation sites (tertiary alicyclic amines) is 1. The number of carbonyl (C=O) groups excluding carboxylic acids is 4.